The van der Waals surface area contributed by atoms with Crippen LogP contribution in [0.5, 0.6) is 0 Å². The molecule has 1 aliphatic heterocycles. The third kappa shape index (κ3) is 2.33. The Morgan fingerprint density at radius 3 is 2.75 bits per heavy atom. The molecule has 1 N–H and O–H groups in total. The van der Waals surface area contributed by atoms with Crippen molar-refractivity contribution in [2.24, 2.45) is 0 Å². The molecule has 1 saturated heterocycles. The molecule has 16 heavy (non-hydrogen) atoms. The molecule has 0 amide bonds. The Kier molecular flexibility index (Phi) is 3.03. The van der Waals surface area contributed by atoms with Gasteiger partial charge in [-0.25, -0.2) is 0 Å². The third-order valence-corrected chi connectivity index (χ3v) is 4.41. The number of halogens is 1. The Bertz CT molecular complexity index is 378. The lowest BCUT2D eigenvalue weighted by atomic mass is 10.0. The van der Waals surface area contributed by atoms with E-state index in [4.69, 9.17) is 0 Å². The van der Waals surface area contributed by atoms with Gasteiger partial charge < -0.3 is 5.32 Å². The van der Waals surface area contributed by atoms with Gasteiger partial charge in [0.25, 0.3) is 0 Å². The summed E-state index contributed by atoms with van der Waals surface area (Å²) in [5.74, 6) is 0.841. The number of hydrogen-bond acceptors (Lipinski definition) is 1. The minimum Gasteiger partial charge on any atom is -0.314 e. The van der Waals surface area contributed by atoms with E-state index in [1.54, 1.807) is 0 Å². The summed E-state index contributed by atoms with van der Waals surface area (Å²) in [6.45, 7) is 1.20. The lowest BCUT2D eigenvalue weighted by Crippen LogP contribution is -2.23. The fraction of sp³-hybridized carbons (Fsp3) is 0.571. The van der Waals surface area contributed by atoms with Crippen LogP contribution >= 0.6 is 15.9 Å². The highest BCUT2D eigenvalue weighted by molar-refractivity contribution is 9.10. The van der Waals surface area contributed by atoms with Gasteiger partial charge in [-0.05, 0) is 61.8 Å². The Balaban J connectivity index is 1.72. The van der Waals surface area contributed by atoms with Crippen molar-refractivity contribution in [1.29, 1.82) is 0 Å². The van der Waals surface area contributed by atoms with Gasteiger partial charge in [0, 0.05) is 10.5 Å². The summed E-state index contributed by atoms with van der Waals surface area (Å²) < 4.78 is 1.32. The zero-order valence-electron chi connectivity index (χ0n) is 9.51. The zero-order chi connectivity index (χ0) is 11.0. The molecule has 3 rings (SSSR count). The zero-order valence-corrected chi connectivity index (χ0v) is 11.1. The van der Waals surface area contributed by atoms with Crippen molar-refractivity contribution in [1.82, 2.24) is 5.32 Å². The Hall–Kier alpha value is -0.340. The van der Waals surface area contributed by atoms with Crippen LogP contribution in [0.25, 0.3) is 0 Å². The normalized spacial score (nSPS) is 24.9. The monoisotopic (exact) mass is 279 g/mol. The van der Waals surface area contributed by atoms with Crippen molar-refractivity contribution < 1.29 is 0 Å². The van der Waals surface area contributed by atoms with Crippen molar-refractivity contribution in [2.75, 3.05) is 6.54 Å². The second-order valence-corrected chi connectivity index (χ2v) is 5.98. The number of hydrogen-bond donors (Lipinski definition) is 1. The van der Waals surface area contributed by atoms with Gasteiger partial charge in [0.15, 0.2) is 0 Å². The van der Waals surface area contributed by atoms with Crippen LogP contribution in [0.4, 0.5) is 0 Å². The smallest absolute Gasteiger partial charge is 0.0212 e. The average Bonchev–Trinajstić information content (AvgIpc) is 2.97. The van der Waals surface area contributed by atoms with Gasteiger partial charge in [0.2, 0.25) is 0 Å². The molecule has 0 radical (unpaired) electrons. The molecule has 2 heteroatoms. The molecule has 1 aromatic carbocycles. The average molecular weight is 280 g/mol. The summed E-state index contributed by atoms with van der Waals surface area (Å²) in [4.78, 5) is 0. The van der Waals surface area contributed by atoms with Crippen LogP contribution in [0, 0.1) is 0 Å². The van der Waals surface area contributed by atoms with Crippen molar-refractivity contribution in [3.05, 3.63) is 33.8 Å². The maximum absolute atomic E-state index is 3.72. The molecule has 2 aliphatic rings. The number of rotatable bonds is 3. The van der Waals surface area contributed by atoms with Crippen molar-refractivity contribution >= 4 is 15.9 Å². The second-order valence-electron chi connectivity index (χ2n) is 5.13. The van der Waals surface area contributed by atoms with Crippen LogP contribution < -0.4 is 5.32 Å². The van der Waals surface area contributed by atoms with Gasteiger partial charge in [-0.1, -0.05) is 28.1 Å². The van der Waals surface area contributed by atoms with Crippen molar-refractivity contribution in [3.8, 4) is 0 Å². The van der Waals surface area contributed by atoms with E-state index in [9.17, 15) is 0 Å². The van der Waals surface area contributed by atoms with Gasteiger partial charge in [-0.3, -0.25) is 0 Å². The Labute approximate surface area is 106 Å². The first-order valence-corrected chi connectivity index (χ1v) is 7.14. The Morgan fingerprint density at radius 1 is 1.25 bits per heavy atom. The molecule has 1 aliphatic carbocycles. The van der Waals surface area contributed by atoms with E-state index in [0.29, 0.717) is 6.04 Å². The predicted molar refractivity (Wildman–Crippen MR) is 70.8 cm³/mol. The quantitative estimate of drug-likeness (QED) is 0.891. The van der Waals surface area contributed by atoms with Gasteiger partial charge in [0.1, 0.15) is 0 Å². The van der Waals surface area contributed by atoms with E-state index >= 15 is 0 Å². The summed E-state index contributed by atoms with van der Waals surface area (Å²) in [7, 11) is 0. The first kappa shape index (κ1) is 10.8. The highest BCUT2D eigenvalue weighted by Crippen LogP contribution is 2.43. The number of benzene rings is 1. The van der Waals surface area contributed by atoms with Crippen LogP contribution in [0.3, 0.4) is 0 Å². The summed E-state index contributed by atoms with van der Waals surface area (Å²) in [5.41, 5.74) is 2.99. The fourth-order valence-corrected chi connectivity index (χ4v) is 3.39. The molecule has 86 valence electrons. The van der Waals surface area contributed by atoms with Crippen molar-refractivity contribution in [2.45, 2.75) is 44.1 Å². The van der Waals surface area contributed by atoms with E-state index in [0.717, 1.165) is 5.92 Å². The molecule has 1 heterocycles. The van der Waals surface area contributed by atoms with Crippen molar-refractivity contribution in [3.63, 3.8) is 0 Å². The second kappa shape index (κ2) is 4.50. The van der Waals surface area contributed by atoms with Crippen LogP contribution in [-0.2, 0) is 6.42 Å². The van der Waals surface area contributed by atoms with Crippen LogP contribution in [0.1, 0.15) is 42.7 Å². The molecule has 1 atom stereocenters. The molecule has 0 spiro atoms. The molecule has 1 unspecified atom stereocenters. The highest BCUT2D eigenvalue weighted by atomic mass is 79.9. The van der Waals surface area contributed by atoms with Gasteiger partial charge in [-0.2, -0.15) is 0 Å². The molecule has 0 bridgehead atoms. The molecular formula is C14H18BrN. The molecule has 1 nitrogen and oxygen atoms in total. The lowest BCUT2D eigenvalue weighted by Gasteiger charge is -2.11. The van der Waals surface area contributed by atoms with Gasteiger partial charge >= 0.3 is 0 Å². The topological polar surface area (TPSA) is 12.0 Å². The minimum atomic E-state index is 0.707. The number of nitrogens with one attached hydrogen (secondary N) is 1. The predicted octanol–water partition coefficient (Wildman–Crippen LogP) is 3.62. The standard InChI is InChI=1S/C14H18BrN/c15-14-9-10(8-12-2-1-7-16-12)3-6-13(14)11-4-5-11/h3,6,9,11-12,16H,1-2,4-5,7-8H2. The van der Waals surface area contributed by atoms with E-state index in [1.807, 2.05) is 0 Å². The molecule has 0 aromatic heterocycles. The fourth-order valence-electron chi connectivity index (χ4n) is 2.64. The van der Waals surface area contributed by atoms with Crippen LogP contribution in [-0.4, -0.2) is 12.6 Å². The largest absolute Gasteiger partial charge is 0.314 e. The maximum Gasteiger partial charge on any atom is 0.0212 e. The van der Waals surface area contributed by atoms with E-state index in [1.165, 1.54) is 54.2 Å². The first-order chi connectivity index (χ1) is 7.83. The van der Waals surface area contributed by atoms with Gasteiger partial charge in [-0.15, -0.1) is 0 Å². The van der Waals surface area contributed by atoms with E-state index in [-0.39, 0.29) is 0 Å². The SMILES string of the molecule is Brc1cc(CC2CCCN2)ccc1C1CC1. The first-order valence-electron chi connectivity index (χ1n) is 6.34. The summed E-state index contributed by atoms with van der Waals surface area (Å²) >= 11 is 3.72. The molecule has 1 aromatic rings. The highest BCUT2D eigenvalue weighted by Gasteiger charge is 2.25. The minimum absolute atomic E-state index is 0.707. The van der Waals surface area contributed by atoms with E-state index < -0.39 is 0 Å². The third-order valence-electron chi connectivity index (χ3n) is 3.73. The Morgan fingerprint density at radius 2 is 2.12 bits per heavy atom. The van der Waals surface area contributed by atoms with Crippen LogP contribution in [0.2, 0.25) is 0 Å². The van der Waals surface area contributed by atoms with Gasteiger partial charge in [0.05, 0.1) is 0 Å². The molecule has 1 saturated carbocycles. The lowest BCUT2D eigenvalue weighted by molar-refractivity contribution is 0.603. The molecular weight excluding hydrogens is 262 g/mol. The maximum atomic E-state index is 3.72. The van der Waals surface area contributed by atoms with Crippen LogP contribution in [0.15, 0.2) is 22.7 Å². The molecule has 2 fully saturated rings. The summed E-state index contributed by atoms with van der Waals surface area (Å²) in [6, 6.07) is 7.68. The van der Waals surface area contributed by atoms with E-state index in [2.05, 4.69) is 39.4 Å². The summed E-state index contributed by atoms with van der Waals surface area (Å²) in [6.07, 6.45) is 6.61. The summed E-state index contributed by atoms with van der Waals surface area (Å²) in [5, 5.41) is 3.56.